The van der Waals surface area contributed by atoms with E-state index in [1.807, 2.05) is 0 Å². The number of ether oxygens (including phenoxy) is 1. The van der Waals surface area contributed by atoms with Gasteiger partial charge in [0.25, 0.3) is 0 Å². The third-order valence-electron chi connectivity index (χ3n) is 1.98. The zero-order valence-corrected chi connectivity index (χ0v) is 6.91. The minimum absolute atomic E-state index is 0.318. The molecule has 3 unspecified atom stereocenters. The van der Waals surface area contributed by atoms with E-state index in [0.717, 1.165) is 0 Å². The molecule has 1 saturated heterocycles. The van der Waals surface area contributed by atoms with Crippen molar-refractivity contribution in [3.8, 4) is 0 Å². The maximum atomic E-state index is 10.5. The second-order valence-corrected chi connectivity index (χ2v) is 2.90. The van der Waals surface area contributed by atoms with Gasteiger partial charge in [0.15, 0.2) is 12.2 Å². The molecule has 0 spiro atoms. The summed E-state index contributed by atoms with van der Waals surface area (Å²) in [6.07, 6.45) is -3.24. The quantitative estimate of drug-likeness (QED) is 0.539. The minimum atomic E-state index is -1.58. The van der Waals surface area contributed by atoms with Gasteiger partial charge >= 0.3 is 17.9 Å². The highest BCUT2D eigenvalue weighted by Crippen LogP contribution is 2.27. The highest BCUT2D eigenvalue weighted by atomic mass is 16.5. The molecule has 0 aromatic rings. The van der Waals surface area contributed by atoms with E-state index in [1.54, 1.807) is 0 Å². The summed E-state index contributed by atoms with van der Waals surface area (Å²) < 4.78 is 4.58. The smallest absolute Gasteiger partial charge is 0.333 e. The van der Waals surface area contributed by atoms with Gasteiger partial charge in [-0.05, 0) is 0 Å². The maximum Gasteiger partial charge on any atom is 0.333 e. The average molecular weight is 204 g/mol. The lowest BCUT2D eigenvalue weighted by Crippen LogP contribution is -2.31. The number of hydrogen-bond donors (Lipinski definition) is 3. The zero-order valence-electron chi connectivity index (χ0n) is 6.91. The van der Waals surface area contributed by atoms with Crippen LogP contribution in [0, 0.1) is 5.92 Å². The van der Waals surface area contributed by atoms with Crippen molar-refractivity contribution in [1.82, 2.24) is 0 Å². The Morgan fingerprint density at radius 3 is 1.86 bits per heavy atom. The van der Waals surface area contributed by atoms with Crippen molar-refractivity contribution in [3.63, 3.8) is 0 Å². The van der Waals surface area contributed by atoms with E-state index in [9.17, 15) is 14.4 Å². The van der Waals surface area contributed by atoms with Gasteiger partial charge in [-0.25, -0.2) is 9.59 Å². The van der Waals surface area contributed by atoms with E-state index >= 15 is 0 Å². The van der Waals surface area contributed by atoms with Crippen LogP contribution in [0.25, 0.3) is 0 Å². The summed E-state index contributed by atoms with van der Waals surface area (Å²) in [6, 6.07) is 0. The number of carboxylic acid groups (broad SMARTS) is 3. The van der Waals surface area contributed by atoms with Crippen LogP contribution in [0.15, 0.2) is 0 Å². The summed E-state index contributed by atoms with van der Waals surface area (Å²) in [4.78, 5) is 31.5. The number of aliphatic carboxylic acids is 3. The van der Waals surface area contributed by atoms with Gasteiger partial charge in [-0.2, -0.15) is 0 Å². The Morgan fingerprint density at radius 1 is 1.00 bits per heavy atom. The lowest BCUT2D eigenvalue weighted by atomic mass is 10.00. The van der Waals surface area contributed by atoms with E-state index < -0.39 is 36.0 Å². The van der Waals surface area contributed by atoms with Crippen LogP contribution in [0.2, 0.25) is 0 Å². The van der Waals surface area contributed by atoms with E-state index in [4.69, 9.17) is 15.3 Å². The lowest BCUT2D eigenvalue weighted by Gasteiger charge is -2.08. The molecule has 7 heteroatoms. The minimum Gasteiger partial charge on any atom is -0.481 e. The Morgan fingerprint density at radius 2 is 1.57 bits per heavy atom. The first-order chi connectivity index (χ1) is 6.43. The topological polar surface area (TPSA) is 121 Å². The van der Waals surface area contributed by atoms with Crippen LogP contribution in [0.1, 0.15) is 6.42 Å². The monoisotopic (exact) mass is 204 g/mol. The molecule has 3 N–H and O–H groups in total. The molecule has 78 valence electrons. The van der Waals surface area contributed by atoms with Gasteiger partial charge in [-0.3, -0.25) is 4.79 Å². The number of rotatable bonds is 3. The third kappa shape index (κ3) is 1.82. The van der Waals surface area contributed by atoms with Gasteiger partial charge in [-0.15, -0.1) is 0 Å². The Kier molecular flexibility index (Phi) is 2.70. The van der Waals surface area contributed by atoms with Gasteiger partial charge in [0.2, 0.25) is 0 Å². The fourth-order valence-corrected chi connectivity index (χ4v) is 1.30. The van der Waals surface area contributed by atoms with Crippen molar-refractivity contribution < 1.29 is 34.4 Å². The molecule has 0 saturated carbocycles. The van der Waals surface area contributed by atoms with Crippen LogP contribution in [0.3, 0.4) is 0 Å². The molecule has 0 radical (unpaired) electrons. The molecule has 1 heterocycles. The maximum absolute atomic E-state index is 10.5. The largest absolute Gasteiger partial charge is 0.481 e. The number of carboxylic acids is 3. The van der Waals surface area contributed by atoms with Crippen molar-refractivity contribution >= 4 is 17.9 Å². The second-order valence-electron chi connectivity index (χ2n) is 2.90. The summed E-state index contributed by atoms with van der Waals surface area (Å²) >= 11 is 0. The molecule has 0 bridgehead atoms. The lowest BCUT2D eigenvalue weighted by molar-refractivity contribution is -0.162. The molecule has 0 amide bonds. The van der Waals surface area contributed by atoms with E-state index in [1.165, 1.54) is 0 Å². The molecule has 7 nitrogen and oxygen atoms in total. The van der Waals surface area contributed by atoms with E-state index in [0.29, 0.717) is 0 Å². The van der Waals surface area contributed by atoms with Crippen molar-refractivity contribution in [3.05, 3.63) is 0 Å². The summed E-state index contributed by atoms with van der Waals surface area (Å²) in [7, 11) is 0. The third-order valence-corrected chi connectivity index (χ3v) is 1.98. The predicted octanol–water partition coefficient (Wildman–Crippen LogP) is -0.986. The van der Waals surface area contributed by atoms with Crippen LogP contribution < -0.4 is 0 Å². The molecule has 0 aliphatic carbocycles. The van der Waals surface area contributed by atoms with E-state index in [-0.39, 0.29) is 6.42 Å². The summed E-state index contributed by atoms with van der Waals surface area (Å²) in [6.45, 7) is 0. The fourth-order valence-electron chi connectivity index (χ4n) is 1.30. The Labute approximate surface area is 77.9 Å². The van der Waals surface area contributed by atoms with Crippen LogP contribution in [0.5, 0.6) is 0 Å². The standard InChI is InChI=1S/C7H8O7/c8-5(9)2-1-3(6(10)11)14-4(2)7(12)13/h2-4H,1H2,(H,8,9)(H,10,11)(H,12,13). The molecule has 1 aliphatic heterocycles. The molecule has 0 aromatic heterocycles. The van der Waals surface area contributed by atoms with Gasteiger partial charge < -0.3 is 20.1 Å². The van der Waals surface area contributed by atoms with Crippen molar-refractivity contribution in [2.45, 2.75) is 18.6 Å². The average Bonchev–Trinajstić information content (AvgIpc) is 2.47. The molecular weight excluding hydrogens is 196 g/mol. The van der Waals surface area contributed by atoms with Crippen LogP contribution in [-0.2, 0) is 19.1 Å². The van der Waals surface area contributed by atoms with Crippen molar-refractivity contribution in [2.75, 3.05) is 0 Å². The van der Waals surface area contributed by atoms with Crippen LogP contribution in [0.4, 0.5) is 0 Å². The summed E-state index contributed by atoms with van der Waals surface area (Å²) in [5.74, 6) is -5.46. The van der Waals surface area contributed by atoms with E-state index in [2.05, 4.69) is 4.74 Å². The first-order valence-electron chi connectivity index (χ1n) is 3.77. The van der Waals surface area contributed by atoms with Gasteiger partial charge in [0.05, 0.1) is 5.92 Å². The Balaban J connectivity index is 2.80. The SMILES string of the molecule is O=C(O)C1CC(C(=O)O)C(C(=O)O)O1. The van der Waals surface area contributed by atoms with Gasteiger partial charge in [-0.1, -0.05) is 0 Å². The molecule has 0 aromatic carbocycles. The van der Waals surface area contributed by atoms with Crippen LogP contribution in [-0.4, -0.2) is 45.4 Å². The number of hydrogen-bond acceptors (Lipinski definition) is 4. The summed E-state index contributed by atoms with van der Waals surface area (Å²) in [5, 5.41) is 25.6. The molecule has 1 aliphatic rings. The zero-order chi connectivity index (χ0) is 10.9. The van der Waals surface area contributed by atoms with Gasteiger partial charge in [0.1, 0.15) is 0 Å². The van der Waals surface area contributed by atoms with Gasteiger partial charge in [0, 0.05) is 6.42 Å². The Bertz CT molecular complexity index is 262. The normalized spacial score (nSPS) is 31.3. The molecule has 3 atom stereocenters. The molecular formula is C7H8O7. The summed E-state index contributed by atoms with van der Waals surface area (Å²) in [5.41, 5.74) is 0. The first-order valence-corrected chi connectivity index (χ1v) is 3.77. The first kappa shape index (κ1) is 10.5. The van der Waals surface area contributed by atoms with Crippen molar-refractivity contribution in [2.24, 2.45) is 5.92 Å². The fraction of sp³-hybridized carbons (Fsp3) is 0.571. The highest BCUT2D eigenvalue weighted by molar-refractivity contribution is 5.84. The molecule has 14 heavy (non-hydrogen) atoms. The second kappa shape index (κ2) is 3.62. The molecule has 1 rings (SSSR count). The Hall–Kier alpha value is -1.63. The predicted molar refractivity (Wildman–Crippen MR) is 39.7 cm³/mol. The highest BCUT2D eigenvalue weighted by Gasteiger charge is 2.46. The van der Waals surface area contributed by atoms with Crippen molar-refractivity contribution in [1.29, 1.82) is 0 Å². The number of carbonyl (C=O) groups is 3. The molecule has 1 fully saturated rings. The van der Waals surface area contributed by atoms with Crippen LogP contribution >= 0.6 is 0 Å².